The highest BCUT2D eigenvalue weighted by Crippen LogP contribution is 2.22. The Morgan fingerprint density at radius 3 is 1.93 bits per heavy atom. The first kappa shape index (κ1) is 46.0. The first-order chi connectivity index (χ1) is 21.1. The summed E-state index contributed by atoms with van der Waals surface area (Å²) in [6, 6.07) is 0. The van der Waals surface area contributed by atoms with Gasteiger partial charge in [-0.25, -0.2) is 9.78 Å². The topological polar surface area (TPSA) is 119 Å². The van der Waals surface area contributed by atoms with E-state index in [-0.39, 0.29) is 23.0 Å². The van der Waals surface area contributed by atoms with Gasteiger partial charge in [-0.2, -0.15) is 47.0 Å². The third-order valence-corrected chi connectivity index (χ3v) is 18.0. The van der Waals surface area contributed by atoms with Gasteiger partial charge >= 0.3 is 5.97 Å². The molecule has 8 nitrogen and oxygen atoms in total. The van der Waals surface area contributed by atoms with E-state index in [4.69, 9.17) is 24.7 Å². The lowest BCUT2D eigenvalue weighted by atomic mass is 10.5. The quantitative estimate of drug-likeness (QED) is 0.0227. The van der Waals surface area contributed by atoms with Crippen molar-refractivity contribution in [2.45, 2.75) is 25.7 Å². The maximum atomic E-state index is 12.2. The summed E-state index contributed by atoms with van der Waals surface area (Å²) in [6.07, 6.45) is 2.84. The van der Waals surface area contributed by atoms with Gasteiger partial charge in [-0.15, -0.1) is 70.6 Å². The molecule has 0 aromatic rings. The van der Waals surface area contributed by atoms with Crippen molar-refractivity contribution in [1.82, 2.24) is 0 Å². The SMILES string of the molecule is O=C(CCSCSCCCS(=O)CSCSCSC(=O)CCSCSCCCOOCSCSCO)OCSCSCO. The largest absolute Gasteiger partial charge is 0.455 e. The normalized spacial score (nSPS) is 12.0. The van der Waals surface area contributed by atoms with E-state index in [0.717, 1.165) is 61.3 Å². The van der Waals surface area contributed by atoms with Crippen molar-refractivity contribution < 1.29 is 38.5 Å². The summed E-state index contributed by atoms with van der Waals surface area (Å²) in [6.45, 7) is 0.572. The van der Waals surface area contributed by atoms with Crippen LogP contribution in [0.25, 0.3) is 0 Å². The zero-order valence-corrected chi connectivity index (χ0v) is 33.9. The highest BCUT2D eigenvalue weighted by Gasteiger charge is 2.06. The fourth-order valence-electron chi connectivity index (χ4n) is 2.23. The van der Waals surface area contributed by atoms with E-state index >= 15 is 0 Å². The van der Waals surface area contributed by atoms with Crippen LogP contribution in [-0.2, 0) is 34.9 Å². The van der Waals surface area contributed by atoms with Crippen molar-refractivity contribution in [1.29, 1.82) is 0 Å². The van der Waals surface area contributed by atoms with Crippen molar-refractivity contribution in [2.24, 2.45) is 0 Å². The molecule has 256 valence electrons. The second-order valence-electron chi connectivity index (χ2n) is 7.50. The standard InChI is InChI=1S/C23H44O8S12/c24-11-36-17-38-13-29-22(26)3-8-34-16-33-7-2-10-43(28)21-41-19-40-20-42-23(27)4-9-35-15-32-6-1-5-30-31-14-39-18-37-12-25/h24-25H,1-21H2. The minimum absolute atomic E-state index is 0.0817. The van der Waals surface area contributed by atoms with Gasteiger partial charge in [0.2, 0.25) is 0 Å². The molecule has 1 unspecified atom stereocenters. The first-order valence-corrected chi connectivity index (χ1v) is 27.0. The number of ether oxygens (including phenoxy) is 1. The molecule has 0 heterocycles. The van der Waals surface area contributed by atoms with Gasteiger partial charge in [0.05, 0.1) is 30.0 Å². The van der Waals surface area contributed by atoms with E-state index in [2.05, 4.69) is 0 Å². The van der Waals surface area contributed by atoms with Crippen LogP contribution in [0.5, 0.6) is 0 Å². The zero-order chi connectivity index (χ0) is 31.5. The third-order valence-electron chi connectivity index (χ3n) is 4.13. The first-order valence-electron chi connectivity index (χ1n) is 13.0. The number of hydrogen-bond donors (Lipinski definition) is 2. The molecule has 0 aliphatic rings. The van der Waals surface area contributed by atoms with Crippen LogP contribution in [0.4, 0.5) is 0 Å². The predicted molar refractivity (Wildman–Crippen MR) is 211 cm³/mol. The molecular formula is C23H44O8S12. The van der Waals surface area contributed by atoms with E-state index in [9.17, 15) is 13.8 Å². The van der Waals surface area contributed by atoms with E-state index < -0.39 is 10.8 Å². The Morgan fingerprint density at radius 2 is 1.21 bits per heavy atom. The van der Waals surface area contributed by atoms with Gasteiger partial charge in [-0.05, 0) is 24.3 Å². The van der Waals surface area contributed by atoms with Crippen LogP contribution < -0.4 is 0 Å². The van der Waals surface area contributed by atoms with E-state index in [1.54, 1.807) is 58.8 Å². The van der Waals surface area contributed by atoms with Gasteiger partial charge in [0.25, 0.3) is 0 Å². The lowest BCUT2D eigenvalue weighted by Crippen LogP contribution is -2.05. The molecule has 0 fully saturated rings. The van der Waals surface area contributed by atoms with Crippen molar-refractivity contribution in [3.05, 3.63) is 0 Å². The minimum Gasteiger partial charge on any atom is -0.455 e. The predicted octanol–water partition coefficient (Wildman–Crippen LogP) is 6.90. The van der Waals surface area contributed by atoms with Crippen molar-refractivity contribution in [3.8, 4) is 0 Å². The van der Waals surface area contributed by atoms with Gasteiger partial charge in [-0.3, -0.25) is 13.8 Å². The summed E-state index contributed by atoms with van der Waals surface area (Å²) in [5.41, 5.74) is 0. The molecule has 20 heteroatoms. The molecule has 0 aliphatic carbocycles. The molecule has 0 radical (unpaired) electrons. The molecule has 0 amide bonds. The lowest BCUT2D eigenvalue weighted by molar-refractivity contribution is -0.278. The lowest BCUT2D eigenvalue weighted by Gasteiger charge is -2.05. The van der Waals surface area contributed by atoms with Gasteiger partial charge < -0.3 is 14.9 Å². The van der Waals surface area contributed by atoms with Crippen LogP contribution in [-0.4, -0.2) is 120 Å². The van der Waals surface area contributed by atoms with Gasteiger partial charge in [-0.1, -0.05) is 11.8 Å². The molecule has 0 saturated heterocycles. The second kappa shape index (κ2) is 39.4. The number of hydrogen-bond acceptors (Lipinski definition) is 19. The van der Waals surface area contributed by atoms with E-state index in [1.165, 1.54) is 47.0 Å². The molecule has 2 N–H and O–H groups in total. The molecule has 43 heavy (non-hydrogen) atoms. The Hall–Kier alpha value is 2.98. The van der Waals surface area contributed by atoms with Crippen molar-refractivity contribution in [2.75, 3.05) is 94.7 Å². The van der Waals surface area contributed by atoms with Crippen molar-refractivity contribution >= 4 is 151 Å². The molecule has 1 atom stereocenters. The fraction of sp³-hybridized carbons (Fsp3) is 0.913. The van der Waals surface area contributed by atoms with Crippen LogP contribution in [0.3, 0.4) is 0 Å². The number of carbonyl (C=O) groups excluding carboxylic acids is 2. The van der Waals surface area contributed by atoms with Gasteiger partial charge in [0, 0.05) is 65.0 Å². The van der Waals surface area contributed by atoms with Crippen LogP contribution in [0, 0.1) is 0 Å². The number of carbonyl (C=O) groups is 2. The number of aliphatic hydroxyl groups is 2. The Morgan fingerprint density at radius 1 is 0.605 bits per heavy atom. The van der Waals surface area contributed by atoms with Crippen LogP contribution in [0.15, 0.2) is 0 Å². The Balaban J connectivity index is 3.31. The van der Waals surface area contributed by atoms with E-state index in [1.807, 2.05) is 23.5 Å². The average Bonchev–Trinajstić information content (AvgIpc) is 3.00. The van der Waals surface area contributed by atoms with Crippen LogP contribution >= 0.6 is 129 Å². The summed E-state index contributed by atoms with van der Waals surface area (Å²) in [5.74, 6) is 5.10. The molecular weight excluding hydrogens is 789 g/mol. The Bertz CT molecular complexity index is 657. The summed E-state index contributed by atoms with van der Waals surface area (Å²) in [4.78, 5) is 33.8. The maximum Gasteiger partial charge on any atom is 0.307 e. The molecule has 0 saturated carbocycles. The summed E-state index contributed by atoms with van der Waals surface area (Å²) in [7, 11) is -0.817. The molecule has 0 rings (SSSR count). The fourth-order valence-corrected chi connectivity index (χ4v) is 14.1. The molecule has 0 bridgehead atoms. The number of rotatable bonds is 35. The molecule has 0 aromatic heterocycles. The van der Waals surface area contributed by atoms with Crippen LogP contribution in [0.1, 0.15) is 25.7 Å². The second-order valence-corrected chi connectivity index (χ2v) is 22.8. The maximum absolute atomic E-state index is 12.2. The van der Waals surface area contributed by atoms with E-state index in [0.29, 0.717) is 47.2 Å². The monoisotopic (exact) mass is 832 g/mol. The average molecular weight is 833 g/mol. The third kappa shape index (κ3) is 39.3. The number of esters is 1. The summed E-state index contributed by atoms with van der Waals surface area (Å²) >= 11 is 17.8. The summed E-state index contributed by atoms with van der Waals surface area (Å²) < 4.78 is 17.3. The highest BCUT2D eigenvalue weighted by molar-refractivity contribution is 8.28. The van der Waals surface area contributed by atoms with Crippen molar-refractivity contribution in [3.63, 3.8) is 0 Å². The van der Waals surface area contributed by atoms with Gasteiger partial charge in [0.15, 0.2) is 5.12 Å². The molecule has 0 aromatic carbocycles. The zero-order valence-electron chi connectivity index (χ0n) is 24.1. The van der Waals surface area contributed by atoms with Gasteiger partial charge in [0.1, 0.15) is 11.9 Å². The number of thioether (sulfide) groups is 11. The number of aliphatic hydroxyl groups excluding tert-OH is 2. The molecule has 0 aliphatic heterocycles. The van der Waals surface area contributed by atoms with Crippen LogP contribution in [0.2, 0.25) is 0 Å². The highest BCUT2D eigenvalue weighted by atomic mass is 32.3. The summed E-state index contributed by atoms with van der Waals surface area (Å²) in [5, 5.41) is 23.2. The Labute approximate surface area is 307 Å². The minimum atomic E-state index is -0.817. The molecule has 0 spiro atoms. The smallest absolute Gasteiger partial charge is 0.307 e. The Kier molecular flexibility index (Phi) is 42.2.